The molecule has 1 saturated heterocycles. The van der Waals surface area contributed by atoms with Crippen molar-refractivity contribution in [1.29, 1.82) is 0 Å². The lowest BCUT2D eigenvalue weighted by Crippen LogP contribution is -2.52. The fourth-order valence-electron chi connectivity index (χ4n) is 3.61. The van der Waals surface area contributed by atoms with Crippen LogP contribution in [0.2, 0.25) is 0 Å². The number of hydrogen-bond donors (Lipinski definition) is 2. The Kier molecular flexibility index (Phi) is 9.07. The third-order valence-corrected chi connectivity index (χ3v) is 4.91. The SMILES string of the molecule is CCNC(=NCC(CCO)CC(C)C)N1CCN(Cc2cc(C)on2)CC1. The van der Waals surface area contributed by atoms with E-state index in [0.717, 1.165) is 76.1 Å². The van der Waals surface area contributed by atoms with E-state index >= 15 is 0 Å². The van der Waals surface area contributed by atoms with Gasteiger partial charge in [-0.1, -0.05) is 19.0 Å². The van der Waals surface area contributed by atoms with Gasteiger partial charge in [0.1, 0.15) is 5.76 Å². The van der Waals surface area contributed by atoms with Crippen LogP contribution in [-0.2, 0) is 6.54 Å². The van der Waals surface area contributed by atoms with E-state index in [0.29, 0.717) is 11.8 Å². The maximum Gasteiger partial charge on any atom is 0.194 e. The molecule has 0 spiro atoms. The number of aryl methyl sites for hydroxylation is 1. The molecule has 1 fully saturated rings. The lowest BCUT2D eigenvalue weighted by atomic mass is 9.94. The number of piperazine rings is 1. The molecule has 1 aromatic heterocycles. The Morgan fingerprint density at radius 1 is 1.33 bits per heavy atom. The number of hydrogen-bond acceptors (Lipinski definition) is 5. The van der Waals surface area contributed by atoms with Crippen molar-refractivity contribution in [2.75, 3.05) is 45.9 Å². The Hall–Kier alpha value is -1.60. The van der Waals surface area contributed by atoms with E-state index in [-0.39, 0.29) is 6.61 Å². The predicted octanol–water partition coefficient (Wildman–Crippen LogP) is 2.11. The maximum absolute atomic E-state index is 9.33. The summed E-state index contributed by atoms with van der Waals surface area (Å²) >= 11 is 0. The Morgan fingerprint density at radius 2 is 2.07 bits per heavy atom. The van der Waals surface area contributed by atoms with Gasteiger partial charge in [-0.25, -0.2) is 0 Å². The Labute approximate surface area is 163 Å². The summed E-state index contributed by atoms with van der Waals surface area (Å²) in [5.74, 6) is 2.94. The van der Waals surface area contributed by atoms with Crippen molar-refractivity contribution in [3.63, 3.8) is 0 Å². The largest absolute Gasteiger partial charge is 0.396 e. The van der Waals surface area contributed by atoms with Crippen LogP contribution in [0.3, 0.4) is 0 Å². The van der Waals surface area contributed by atoms with Crippen molar-refractivity contribution in [2.45, 2.75) is 47.1 Å². The van der Waals surface area contributed by atoms with E-state index in [2.05, 4.69) is 41.0 Å². The molecule has 0 bridgehead atoms. The Bertz CT molecular complexity index is 564. The van der Waals surface area contributed by atoms with Gasteiger partial charge >= 0.3 is 0 Å². The van der Waals surface area contributed by atoms with Crippen LogP contribution in [0.1, 0.15) is 45.1 Å². The van der Waals surface area contributed by atoms with Gasteiger partial charge in [-0.3, -0.25) is 9.89 Å². The molecule has 2 rings (SSSR count). The molecule has 1 aliphatic heterocycles. The minimum absolute atomic E-state index is 0.240. The van der Waals surface area contributed by atoms with Gasteiger partial charge < -0.3 is 19.8 Å². The van der Waals surface area contributed by atoms with Crippen LogP contribution in [0.4, 0.5) is 0 Å². The second-order valence-electron chi connectivity index (χ2n) is 7.89. The lowest BCUT2D eigenvalue weighted by Gasteiger charge is -2.36. The molecular formula is C20H37N5O2. The predicted molar refractivity (Wildman–Crippen MR) is 109 cm³/mol. The standard InChI is InChI=1S/C20H37N5O2/c1-5-21-20(22-14-18(6-11-26)12-16(2)3)25-9-7-24(8-10-25)15-19-13-17(4)27-23-19/h13,16,18,26H,5-12,14-15H2,1-4H3,(H,21,22). The number of rotatable bonds is 9. The number of aromatic nitrogens is 1. The molecule has 2 N–H and O–H groups in total. The topological polar surface area (TPSA) is 77.1 Å². The van der Waals surface area contributed by atoms with Gasteiger partial charge in [0.25, 0.3) is 0 Å². The molecule has 0 aromatic carbocycles. The van der Waals surface area contributed by atoms with Gasteiger partial charge in [0.05, 0.1) is 5.69 Å². The van der Waals surface area contributed by atoms with Gasteiger partial charge in [-0.15, -0.1) is 0 Å². The minimum atomic E-state index is 0.240. The second kappa shape index (κ2) is 11.3. The van der Waals surface area contributed by atoms with Crippen LogP contribution in [0.15, 0.2) is 15.6 Å². The third-order valence-electron chi connectivity index (χ3n) is 4.91. The molecule has 1 unspecified atom stereocenters. The highest BCUT2D eigenvalue weighted by Gasteiger charge is 2.21. The highest BCUT2D eigenvalue weighted by atomic mass is 16.5. The fraction of sp³-hybridized carbons (Fsp3) is 0.800. The molecule has 0 aliphatic carbocycles. The highest BCUT2D eigenvalue weighted by molar-refractivity contribution is 5.80. The van der Waals surface area contributed by atoms with Crippen molar-refractivity contribution in [3.05, 3.63) is 17.5 Å². The first kappa shape index (κ1) is 21.7. The summed E-state index contributed by atoms with van der Waals surface area (Å²) < 4.78 is 5.16. The van der Waals surface area contributed by atoms with E-state index in [1.54, 1.807) is 0 Å². The summed E-state index contributed by atoms with van der Waals surface area (Å²) in [7, 11) is 0. The minimum Gasteiger partial charge on any atom is -0.396 e. The Morgan fingerprint density at radius 3 is 2.63 bits per heavy atom. The number of nitrogens with one attached hydrogen (secondary N) is 1. The van der Waals surface area contributed by atoms with Crippen LogP contribution in [0, 0.1) is 18.8 Å². The van der Waals surface area contributed by atoms with Crippen LogP contribution in [0.25, 0.3) is 0 Å². The summed E-state index contributed by atoms with van der Waals surface area (Å²) in [5, 5.41) is 16.9. The van der Waals surface area contributed by atoms with Gasteiger partial charge in [0.2, 0.25) is 0 Å². The monoisotopic (exact) mass is 379 g/mol. The first-order chi connectivity index (χ1) is 13.0. The molecule has 7 heteroatoms. The average Bonchev–Trinajstić information content (AvgIpc) is 3.04. The zero-order valence-corrected chi connectivity index (χ0v) is 17.4. The summed E-state index contributed by atoms with van der Waals surface area (Å²) in [6.45, 7) is 15.1. The molecule has 1 aliphatic rings. The zero-order valence-electron chi connectivity index (χ0n) is 17.4. The van der Waals surface area contributed by atoms with Crippen LogP contribution < -0.4 is 5.32 Å². The molecule has 154 valence electrons. The third kappa shape index (κ3) is 7.50. The van der Waals surface area contributed by atoms with Gasteiger partial charge in [0.15, 0.2) is 5.96 Å². The lowest BCUT2D eigenvalue weighted by molar-refractivity contribution is 0.168. The molecule has 1 aromatic rings. The summed E-state index contributed by atoms with van der Waals surface area (Å²) in [6, 6.07) is 2.01. The van der Waals surface area contributed by atoms with Crippen molar-refractivity contribution in [3.8, 4) is 0 Å². The first-order valence-corrected chi connectivity index (χ1v) is 10.3. The molecule has 7 nitrogen and oxygen atoms in total. The summed E-state index contributed by atoms with van der Waals surface area (Å²) in [5.41, 5.74) is 1.00. The number of aliphatic hydroxyl groups is 1. The summed E-state index contributed by atoms with van der Waals surface area (Å²) in [6.07, 6.45) is 1.93. The van der Waals surface area contributed by atoms with Crippen LogP contribution >= 0.6 is 0 Å². The molecule has 1 atom stereocenters. The highest BCUT2D eigenvalue weighted by Crippen LogP contribution is 2.16. The average molecular weight is 380 g/mol. The smallest absolute Gasteiger partial charge is 0.194 e. The van der Waals surface area contributed by atoms with E-state index in [9.17, 15) is 5.11 Å². The normalized spacial score (nSPS) is 17.6. The number of guanidine groups is 1. The maximum atomic E-state index is 9.33. The second-order valence-corrected chi connectivity index (χ2v) is 7.89. The van der Waals surface area contributed by atoms with Crippen LogP contribution in [-0.4, -0.2) is 71.9 Å². The molecule has 27 heavy (non-hydrogen) atoms. The molecule has 2 heterocycles. The molecule has 0 saturated carbocycles. The molecular weight excluding hydrogens is 342 g/mol. The number of aliphatic imine (C=N–C) groups is 1. The Balaban J connectivity index is 1.88. The van der Waals surface area contributed by atoms with E-state index < -0.39 is 0 Å². The summed E-state index contributed by atoms with van der Waals surface area (Å²) in [4.78, 5) is 9.65. The fourth-order valence-corrected chi connectivity index (χ4v) is 3.61. The first-order valence-electron chi connectivity index (χ1n) is 10.3. The van der Waals surface area contributed by atoms with Crippen LogP contribution in [0.5, 0.6) is 0 Å². The number of aliphatic hydroxyl groups excluding tert-OH is 1. The van der Waals surface area contributed by atoms with E-state index in [1.807, 2.05) is 13.0 Å². The number of nitrogens with zero attached hydrogens (tertiary/aromatic N) is 4. The van der Waals surface area contributed by atoms with E-state index in [1.165, 1.54) is 0 Å². The van der Waals surface area contributed by atoms with Crippen molar-refractivity contribution < 1.29 is 9.63 Å². The molecule has 0 amide bonds. The zero-order chi connectivity index (χ0) is 19.6. The van der Waals surface area contributed by atoms with Crippen molar-refractivity contribution >= 4 is 5.96 Å². The van der Waals surface area contributed by atoms with E-state index in [4.69, 9.17) is 9.52 Å². The molecule has 0 radical (unpaired) electrons. The van der Waals surface area contributed by atoms with Crippen molar-refractivity contribution in [1.82, 2.24) is 20.3 Å². The van der Waals surface area contributed by atoms with Crippen molar-refractivity contribution in [2.24, 2.45) is 16.8 Å². The van der Waals surface area contributed by atoms with Gasteiger partial charge in [-0.2, -0.15) is 0 Å². The van der Waals surface area contributed by atoms with Gasteiger partial charge in [-0.05, 0) is 38.5 Å². The van der Waals surface area contributed by atoms with Gasteiger partial charge in [0, 0.05) is 58.5 Å². The quantitative estimate of drug-likeness (QED) is 0.505.